The van der Waals surface area contributed by atoms with Crippen molar-refractivity contribution < 1.29 is 4.39 Å². The molecule has 1 atom stereocenters. The molecule has 2 heteroatoms. The van der Waals surface area contributed by atoms with E-state index < -0.39 is 0 Å². The largest absolute Gasteiger partial charge is 0.207 e. The van der Waals surface area contributed by atoms with Crippen molar-refractivity contribution in [3.63, 3.8) is 0 Å². The summed E-state index contributed by atoms with van der Waals surface area (Å²) in [6, 6.07) is 18.2. The first kappa shape index (κ1) is 11.3. The molecule has 0 bridgehead atoms. The molecule has 0 aromatic heterocycles. The molecule has 2 aromatic carbocycles. The van der Waals surface area contributed by atoms with Gasteiger partial charge < -0.3 is 0 Å². The van der Waals surface area contributed by atoms with Crippen LogP contribution in [0.15, 0.2) is 54.6 Å². The van der Waals surface area contributed by atoms with Crippen molar-refractivity contribution >= 4 is 0 Å². The van der Waals surface area contributed by atoms with Crippen molar-refractivity contribution in [2.75, 3.05) is 0 Å². The van der Waals surface area contributed by atoms with Crippen molar-refractivity contribution in [1.29, 1.82) is 5.26 Å². The van der Waals surface area contributed by atoms with Gasteiger partial charge in [0.15, 0.2) is 0 Å². The van der Waals surface area contributed by atoms with Gasteiger partial charge in [0, 0.05) is 0 Å². The second-order valence-corrected chi connectivity index (χ2v) is 3.92. The molecular weight excluding hydrogens is 213 g/mol. The van der Waals surface area contributed by atoms with Gasteiger partial charge in [0.1, 0.15) is 5.82 Å². The molecule has 0 aliphatic rings. The molecule has 84 valence electrons. The topological polar surface area (TPSA) is 23.8 Å². The summed E-state index contributed by atoms with van der Waals surface area (Å²) < 4.78 is 12.8. The molecule has 0 amide bonds. The van der Waals surface area contributed by atoms with E-state index in [1.54, 1.807) is 12.1 Å². The van der Waals surface area contributed by atoms with Crippen LogP contribution in [0.4, 0.5) is 4.39 Å². The van der Waals surface area contributed by atoms with Crippen LogP contribution in [-0.4, -0.2) is 0 Å². The Morgan fingerprint density at radius 3 is 2.24 bits per heavy atom. The predicted octanol–water partition coefficient (Wildman–Crippen LogP) is 3.68. The van der Waals surface area contributed by atoms with Crippen LogP contribution in [-0.2, 0) is 6.42 Å². The third-order valence-electron chi connectivity index (χ3n) is 2.71. The molecule has 0 heterocycles. The Morgan fingerprint density at radius 2 is 1.65 bits per heavy atom. The molecule has 0 aliphatic carbocycles. The Hall–Kier alpha value is -2.14. The summed E-state index contributed by atoms with van der Waals surface area (Å²) in [6.45, 7) is 0. The van der Waals surface area contributed by atoms with E-state index in [9.17, 15) is 4.39 Å². The second-order valence-electron chi connectivity index (χ2n) is 3.92. The molecular formula is C15H12FN. The van der Waals surface area contributed by atoms with Crippen molar-refractivity contribution in [2.24, 2.45) is 0 Å². The molecule has 2 rings (SSSR count). The lowest BCUT2D eigenvalue weighted by Gasteiger charge is -2.09. The lowest BCUT2D eigenvalue weighted by molar-refractivity contribution is 0.626. The van der Waals surface area contributed by atoms with Crippen LogP contribution >= 0.6 is 0 Å². The number of rotatable bonds is 3. The fraction of sp³-hybridized carbons (Fsp3) is 0.133. The van der Waals surface area contributed by atoms with Crippen molar-refractivity contribution in [1.82, 2.24) is 0 Å². The van der Waals surface area contributed by atoms with Gasteiger partial charge in [0.25, 0.3) is 0 Å². The van der Waals surface area contributed by atoms with Crippen LogP contribution in [0.5, 0.6) is 0 Å². The van der Waals surface area contributed by atoms with Crippen LogP contribution in [0.25, 0.3) is 0 Å². The van der Waals surface area contributed by atoms with Gasteiger partial charge in [-0.05, 0) is 29.7 Å². The maximum Gasteiger partial charge on any atom is 0.123 e. The normalized spacial score (nSPS) is 11.8. The van der Waals surface area contributed by atoms with E-state index >= 15 is 0 Å². The van der Waals surface area contributed by atoms with Gasteiger partial charge in [-0.25, -0.2) is 4.39 Å². The Bertz CT molecular complexity index is 511. The van der Waals surface area contributed by atoms with Gasteiger partial charge in [-0.1, -0.05) is 42.5 Å². The SMILES string of the molecule is N#CC(Cc1ccccc1)c1ccc(F)cc1. The second kappa shape index (κ2) is 5.27. The predicted molar refractivity (Wildman–Crippen MR) is 64.9 cm³/mol. The van der Waals surface area contributed by atoms with Crippen LogP contribution in [0.3, 0.4) is 0 Å². The number of nitriles is 1. The highest BCUT2D eigenvalue weighted by Crippen LogP contribution is 2.20. The average Bonchev–Trinajstić information content (AvgIpc) is 2.38. The Kier molecular flexibility index (Phi) is 3.52. The van der Waals surface area contributed by atoms with E-state index in [-0.39, 0.29) is 11.7 Å². The van der Waals surface area contributed by atoms with Gasteiger partial charge in [0.05, 0.1) is 12.0 Å². The zero-order valence-corrected chi connectivity index (χ0v) is 9.31. The van der Waals surface area contributed by atoms with Gasteiger partial charge in [-0.2, -0.15) is 5.26 Å². The van der Waals surface area contributed by atoms with Crippen LogP contribution < -0.4 is 0 Å². The molecule has 0 radical (unpaired) electrons. The standard InChI is InChI=1S/C15H12FN/c16-15-8-6-13(7-9-15)14(11-17)10-12-4-2-1-3-5-12/h1-9,14H,10H2. The molecule has 0 spiro atoms. The summed E-state index contributed by atoms with van der Waals surface area (Å²) in [6.07, 6.45) is 0.656. The molecule has 0 aliphatic heterocycles. The average molecular weight is 225 g/mol. The van der Waals surface area contributed by atoms with Gasteiger partial charge in [-0.15, -0.1) is 0 Å². The van der Waals surface area contributed by atoms with Crippen molar-refractivity contribution in [3.8, 4) is 6.07 Å². The molecule has 0 N–H and O–H groups in total. The lowest BCUT2D eigenvalue weighted by Crippen LogP contribution is -2.00. The minimum atomic E-state index is -0.273. The van der Waals surface area contributed by atoms with Crippen molar-refractivity contribution in [3.05, 3.63) is 71.5 Å². The molecule has 17 heavy (non-hydrogen) atoms. The maximum absolute atomic E-state index is 12.8. The third kappa shape index (κ3) is 2.92. The van der Waals surface area contributed by atoms with Gasteiger partial charge in [0.2, 0.25) is 0 Å². The summed E-state index contributed by atoms with van der Waals surface area (Å²) >= 11 is 0. The fourth-order valence-electron chi connectivity index (χ4n) is 1.78. The fourth-order valence-corrected chi connectivity index (χ4v) is 1.78. The third-order valence-corrected chi connectivity index (χ3v) is 2.71. The van der Waals surface area contributed by atoms with Crippen LogP contribution in [0.2, 0.25) is 0 Å². The Balaban J connectivity index is 2.18. The zero-order valence-electron chi connectivity index (χ0n) is 9.31. The lowest BCUT2D eigenvalue weighted by atomic mass is 9.93. The number of nitrogens with zero attached hydrogens (tertiary/aromatic N) is 1. The van der Waals surface area contributed by atoms with Crippen LogP contribution in [0, 0.1) is 17.1 Å². The molecule has 1 unspecified atom stereocenters. The zero-order chi connectivity index (χ0) is 12.1. The van der Waals surface area contributed by atoms with Crippen molar-refractivity contribution in [2.45, 2.75) is 12.3 Å². The van der Waals surface area contributed by atoms with E-state index in [2.05, 4.69) is 6.07 Å². The molecule has 1 nitrogen and oxygen atoms in total. The highest BCUT2D eigenvalue weighted by Gasteiger charge is 2.11. The minimum Gasteiger partial charge on any atom is -0.207 e. The maximum atomic E-state index is 12.8. The molecule has 2 aromatic rings. The summed E-state index contributed by atoms with van der Waals surface area (Å²) in [5.41, 5.74) is 1.97. The first-order valence-electron chi connectivity index (χ1n) is 5.48. The van der Waals surface area contributed by atoms with E-state index in [0.29, 0.717) is 6.42 Å². The Morgan fingerprint density at radius 1 is 1.00 bits per heavy atom. The van der Waals surface area contributed by atoms with Gasteiger partial charge in [-0.3, -0.25) is 0 Å². The first-order valence-corrected chi connectivity index (χ1v) is 5.48. The van der Waals surface area contributed by atoms with E-state index in [1.807, 2.05) is 30.3 Å². The first-order chi connectivity index (χ1) is 8.29. The highest BCUT2D eigenvalue weighted by molar-refractivity contribution is 5.29. The molecule has 0 fully saturated rings. The quantitative estimate of drug-likeness (QED) is 0.781. The van der Waals surface area contributed by atoms with Crippen LogP contribution in [0.1, 0.15) is 17.0 Å². The summed E-state index contributed by atoms with van der Waals surface area (Å²) in [4.78, 5) is 0. The van der Waals surface area contributed by atoms with E-state index in [4.69, 9.17) is 5.26 Å². The number of hydrogen-bond donors (Lipinski definition) is 0. The number of halogens is 1. The summed E-state index contributed by atoms with van der Waals surface area (Å²) in [5, 5.41) is 9.17. The smallest absolute Gasteiger partial charge is 0.123 e. The molecule has 0 saturated carbocycles. The molecule has 0 saturated heterocycles. The number of benzene rings is 2. The Labute approximate surface area is 100 Å². The highest BCUT2D eigenvalue weighted by atomic mass is 19.1. The van der Waals surface area contributed by atoms with E-state index in [0.717, 1.165) is 11.1 Å². The van der Waals surface area contributed by atoms with E-state index in [1.165, 1.54) is 12.1 Å². The summed E-state index contributed by atoms with van der Waals surface area (Å²) in [5.74, 6) is -0.497. The summed E-state index contributed by atoms with van der Waals surface area (Å²) in [7, 11) is 0. The number of hydrogen-bond acceptors (Lipinski definition) is 1. The minimum absolute atomic E-state index is 0.224. The monoisotopic (exact) mass is 225 g/mol. The van der Waals surface area contributed by atoms with Gasteiger partial charge >= 0.3 is 0 Å².